The lowest BCUT2D eigenvalue weighted by Crippen LogP contribution is -1.97. The van der Waals surface area contributed by atoms with Crippen molar-refractivity contribution in [3.8, 4) is 0 Å². The Morgan fingerprint density at radius 2 is 2.09 bits per heavy atom. The maximum Gasteiger partial charge on any atom is 0.0436 e. The SMILES string of the molecule is CCC/C=C/C(CC)CCO. The van der Waals surface area contributed by atoms with Gasteiger partial charge in [0, 0.05) is 6.61 Å². The molecule has 0 heterocycles. The summed E-state index contributed by atoms with van der Waals surface area (Å²) in [5.41, 5.74) is 0. The molecule has 1 unspecified atom stereocenters. The van der Waals surface area contributed by atoms with Crippen LogP contribution in [-0.2, 0) is 0 Å². The molecule has 0 aliphatic heterocycles. The molecule has 0 bridgehead atoms. The highest BCUT2D eigenvalue weighted by Crippen LogP contribution is 2.09. The molecule has 0 aliphatic carbocycles. The van der Waals surface area contributed by atoms with Crippen LogP contribution < -0.4 is 0 Å². The number of aliphatic hydroxyl groups excluding tert-OH is 1. The van der Waals surface area contributed by atoms with Gasteiger partial charge in [0.1, 0.15) is 0 Å². The summed E-state index contributed by atoms with van der Waals surface area (Å²) in [6.07, 6.45) is 8.90. The third-order valence-corrected chi connectivity index (χ3v) is 1.89. The highest BCUT2D eigenvalue weighted by molar-refractivity contribution is 4.87. The molecule has 0 aromatic carbocycles. The minimum absolute atomic E-state index is 0.314. The fraction of sp³-hybridized carbons (Fsp3) is 0.800. The Morgan fingerprint density at radius 3 is 2.55 bits per heavy atom. The first-order valence-electron chi connectivity index (χ1n) is 4.62. The van der Waals surface area contributed by atoms with Gasteiger partial charge in [-0.2, -0.15) is 0 Å². The standard InChI is InChI=1S/C10H20O/c1-3-5-6-7-10(4-2)8-9-11/h6-7,10-11H,3-5,8-9H2,1-2H3/b7-6+. The summed E-state index contributed by atoms with van der Waals surface area (Å²) in [5.74, 6) is 0.589. The number of allylic oxidation sites excluding steroid dienone is 2. The Labute approximate surface area is 70.1 Å². The zero-order chi connectivity index (χ0) is 8.53. The molecule has 66 valence electrons. The zero-order valence-corrected chi connectivity index (χ0v) is 7.71. The van der Waals surface area contributed by atoms with Crippen LogP contribution in [0.5, 0.6) is 0 Å². The van der Waals surface area contributed by atoms with Gasteiger partial charge in [0.2, 0.25) is 0 Å². The van der Waals surface area contributed by atoms with Crippen LogP contribution in [0.25, 0.3) is 0 Å². The van der Waals surface area contributed by atoms with E-state index in [0.29, 0.717) is 12.5 Å². The van der Waals surface area contributed by atoms with E-state index in [9.17, 15) is 0 Å². The number of hydrogen-bond acceptors (Lipinski definition) is 1. The molecule has 1 N–H and O–H groups in total. The van der Waals surface area contributed by atoms with E-state index >= 15 is 0 Å². The Kier molecular flexibility index (Phi) is 7.59. The van der Waals surface area contributed by atoms with Crippen molar-refractivity contribution < 1.29 is 5.11 Å². The first-order chi connectivity index (χ1) is 5.35. The Bertz CT molecular complexity index is 97.0. The molecular formula is C10H20O. The fourth-order valence-electron chi connectivity index (χ4n) is 1.06. The second kappa shape index (κ2) is 7.80. The van der Waals surface area contributed by atoms with Crippen LogP contribution in [0.2, 0.25) is 0 Å². The maximum atomic E-state index is 8.69. The predicted octanol–water partition coefficient (Wildman–Crippen LogP) is 2.75. The maximum absolute atomic E-state index is 8.69. The minimum Gasteiger partial charge on any atom is -0.396 e. The van der Waals surface area contributed by atoms with Crippen molar-refractivity contribution in [1.29, 1.82) is 0 Å². The van der Waals surface area contributed by atoms with Gasteiger partial charge >= 0.3 is 0 Å². The highest BCUT2D eigenvalue weighted by atomic mass is 16.3. The molecule has 0 aromatic rings. The Balaban J connectivity index is 3.49. The first kappa shape index (κ1) is 10.7. The lowest BCUT2D eigenvalue weighted by molar-refractivity contribution is 0.268. The molecule has 0 saturated carbocycles. The van der Waals surface area contributed by atoms with Crippen LogP contribution in [0.15, 0.2) is 12.2 Å². The molecule has 0 saturated heterocycles. The molecule has 0 aliphatic rings. The van der Waals surface area contributed by atoms with Gasteiger partial charge < -0.3 is 5.11 Å². The normalized spacial score (nSPS) is 14.1. The van der Waals surface area contributed by atoms with Gasteiger partial charge in [0.15, 0.2) is 0 Å². The zero-order valence-electron chi connectivity index (χ0n) is 7.71. The predicted molar refractivity (Wildman–Crippen MR) is 49.5 cm³/mol. The number of aliphatic hydroxyl groups is 1. The van der Waals surface area contributed by atoms with Gasteiger partial charge in [-0.1, -0.05) is 32.4 Å². The van der Waals surface area contributed by atoms with Gasteiger partial charge in [-0.15, -0.1) is 0 Å². The van der Waals surface area contributed by atoms with E-state index in [4.69, 9.17) is 5.11 Å². The van der Waals surface area contributed by atoms with Crippen molar-refractivity contribution in [3.63, 3.8) is 0 Å². The molecule has 0 amide bonds. The molecule has 0 rings (SSSR count). The van der Waals surface area contributed by atoms with Crippen LogP contribution in [0.1, 0.15) is 39.5 Å². The van der Waals surface area contributed by atoms with Crippen LogP contribution in [0.3, 0.4) is 0 Å². The van der Waals surface area contributed by atoms with Crippen molar-refractivity contribution in [2.24, 2.45) is 5.92 Å². The second-order valence-corrected chi connectivity index (χ2v) is 2.90. The lowest BCUT2D eigenvalue weighted by atomic mass is 10.0. The fourth-order valence-corrected chi connectivity index (χ4v) is 1.06. The summed E-state index contributed by atoms with van der Waals surface area (Å²) >= 11 is 0. The van der Waals surface area contributed by atoms with Crippen LogP contribution >= 0.6 is 0 Å². The molecular weight excluding hydrogens is 136 g/mol. The van der Waals surface area contributed by atoms with Crippen molar-refractivity contribution in [2.45, 2.75) is 39.5 Å². The van der Waals surface area contributed by atoms with Crippen LogP contribution in [-0.4, -0.2) is 11.7 Å². The molecule has 0 spiro atoms. The molecule has 1 nitrogen and oxygen atoms in total. The van der Waals surface area contributed by atoms with E-state index in [-0.39, 0.29) is 0 Å². The Morgan fingerprint density at radius 1 is 1.36 bits per heavy atom. The molecule has 1 atom stereocenters. The van der Waals surface area contributed by atoms with Crippen LogP contribution in [0, 0.1) is 5.92 Å². The van der Waals surface area contributed by atoms with Gasteiger partial charge in [0.25, 0.3) is 0 Å². The van der Waals surface area contributed by atoms with Gasteiger partial charge in [-0.05, 0) is 25.2 Å². The summed E-state index contributed by atoms with van der Waals surface area (Å²) in [7, 11) is 0. The summed E-state index contributed by atoms with van der Waals surface area (Å²) in [4.78, 5) is 0. The highest BCUT2D eigenvalue weighted by Gasteiger charge is 1.98. The summed E-state index contributed by atoms with van der Waals surface area (Å²) in [6.45, 7) is 4.66. The van der Waals surface area contributed by atoms with Crippen molar-refractivity contribution >= 4 is 0 Å². The van der Waals surface area contributed by atoms with Crippen molar-refractivity contribution in [2.75, 3.05) is 6.61 Å². The summed E-state index contributed by atoms with van der Waals surface area (Å²) in [5, 5.41) is 8.69. The average Bonchev–Trinajstić information content (AvgIpc) is 2.03. The van der Waals surface area contributed by atoms with Crippen molar-refractivity contribution in [1.82, 2.24) is 0 Å². The van der Waals surface area contributed by atoms with E-state index in [1.54, 1.807) is 0 Å². The second-order valence-electron chi connectivity index (χ2n) is 2.90. The summed E-state index contributed by atoms with van der Waals surface area (Å²) < 4.78 is 0. The average molecular weight is 156 g/mol. The Hall–Kier alpha value is -0.300. The van der Waals surface area contributed by atoms with E-state index < -0.39 is 0 Å². The summed E-state index contributed by atoms with van der Waals surface area (Å²) in [6, 6.07) is 0. The van der Waals surface area contributed by atoms with Gasteiger partial charge in [-0.3, -0.25) is 0 Å². The third-order valence-electron chi connectivity index (χ3n) is 1.89. The molecule has 11 heavy (non-hydrogen) atoms. The first-order valence-corrected chi connectivity index (χ1v) is 4.62. The minimum atomic E-state index is 0.314. The molecule has 0 radical (unpaired) electrons. The lowest BCUT2D eigenvalue weighted by Gasteiger charge is -2.06. The quantitative estimate of drug-likeness (QED) is 0.586. The van der Waals surface area contributed by atoms with E-state index in [0.717, 1.165) is 12.8 Å². The smallest absolute Gasteiger partial charge is 0.0436 e. The van der Waals surface area contributed by atoms with Crippen LogP contribution in [0.4, 0.5) is 0 Å². The number of rotatable bonds is 6. The van der Waals surface area contributed by atoms with E-state index in [1.807, 2.05) is 0 Å². The van der Waals surface area contributed by atoms with Gasteiger partial charge in [-0.25, -0.2) is 0 Å². The number of hydrogen-bond donors (Lipinski definition) is 1. The van der Waals surface area contributed by atoms with Gasteiger partial charge in [0.05, 0.1) is 0 Å². The molecule has 0 aromatic heterocycles. The molecule has 0 fully saturated rings. The van der Waals surface area contributed by atoms with E-state index in [1.165, 1.54) is 12.8 Å². The topological polar surface area (TPSA) is 20.2 Å². The monoisotopic (exact) mass is 156 g/mol. The van der Waals surface area contributed by atoms with E-state index in [2.05, 4.69) is 26.0 Å². The largest absolute Gasteiger partial charge is 0.396 e. The molecule has 1 heteroatoms. The van der Waals surface area contributed by atoms with Crippen molar-refractivity contribution in [3.05, 3.63) is 12.2 Å². The number of unbranched alkanes of at least 4 members (excludes halogenated alkanes) is 1. The third kappa shape index (κ3) is 6.11.